The van der Waals surface area contributed by atoms with Crippen molar-refractivity contribution >= 4 is 15.9 Å². The molecule has 1 unspecified atom stereocenters. The molecule has 5 heteroatoms. The third-order valence-corrected chi connectivity index (χ3v) is 3.67. The summed E-state index contributed by atoms with van der Waals surface area (Å²) >= 11 is 3.50. The van der Waals surface area contributed by atoms with Crippen LogP contribution < -0.4 is 10.5 Å². The summed E-state index contributed by atoms with van der Waals surface area (Å²) in [5, 5.41) is 4.17. The van der Waals surface area contributed by atoms with Gasteiger partial charge in [0.05, 0.1) is 6.20 Å². The molecule has 108 valence electrons. The molecule has 2 aromatic rings. The molecule has 2 rings (SSSR count). The predicted molar refractivity (Wildman–Crippen MR) is 83.9 cm³/mol. The third-order valence-electron chi connectivity index (χ3n) is 3.17. The van der Waals surface area contributed by atoms with Crippen LogP contribution >= 0.6 is 15.9 Å². The van der Waals surface area contributed by atoms with E-state index in [9.17, 15) is 0 Å². The van der Waals surface area contributed by atoms with Crippen molar-refractivity contribution in [1.29, 1.82) is 0 Å². The fraction of sp³-hybridized carbons (Fsp3) is 0.400. The molecule has 0 aliphatic carbocycles. The van der Waals surface area contributed by atoms with Crippen molar-refractivity contribution in [2.75, 3.05) is 6.54 Å². The van der Waals surface area contributed by atoms with E-state index in [0.717, 1.165) is 15.8 Å². The number of hydrogen-bond acceptors (Lipinski definition) is 3. The maximum atomic E-state index is 6.11. The standard InChI is InChI=1S/C15H20BrN3O/c1-10(2)13-6-12(16)4-5-14(13)20-15(7-17)11-8-18-19(3)9-11/h4-6,8-10,15H,7,17H2,1-3H3. The lowest BCUT2D eigenvalue weighted by molar-refractivity contribution is 0.211. The number of hydrogen-bond donors (Lipinski definition) is 1. The quantitative estimate of drug-likeness (QED) is 0.909. The number of ether oxygens (including phenoxy) is 1. The third kappa shape index (κ3) is 3.41. The number of rotatable bonds is 5. The molecule has 1 aromatic carbocycles. The van der Waals surface area contributed by atoms with Gasteiger partial charge in [0.1, 0.15) is 11.9 Å². The molecule has 0 bridgehead atoms. The van der Waals surface area contributed by atoms with Crippen molar-refractivity contribution in [2.24, 2.45) is 12.8 Å². The number of halogens is 1. The first-order chi connectivity index (χ1) is 9.51. The first-order valence-electron chi connectivity index (χ1n) is 6.66. The molecule has 1 aromatic heterocycles. The van der Waals surface area contributed by atoms with Gasteiger partial charge < -0.3 is 10.5 Å². The van der Waals surface area contributed by atoms with Gasteiger partial charge in [-0.1, -0.05) is 29.8 Å². The normalized spacial score (nSPS) is 12.7. The zero-order valence-electron chi connectivity index (χ0n) is 12.0. The Morgan fingerprint density at radius 2 is 2.15 bits per heavy atom. The second-order valence-electron chi connectivity index (χ2n) is 5.13. The van der Waals surface area contributed by atoms with Crippen LogP contribution in [-0.2, 0) is 7.05 Å². The second kappa shape index (κ2) is 6.41. The van der Waals surface area contributed by atoms with Crippen LogP contribution in [0.1, 0.15) is 37.0 Å². The lowest BCUT2D eigenvalue weighted by Crippen LogP contribution is -2.18. The van der Waals surface area contributed by atoms with E-state index in [0.29, 0.717) is 12.5 Å². The zero-order chi connectivity index (χ0) is 14.7. The molecule has 0 spiro atoms. The van der Waals surface area contributed by atoms with Gasteiger partial charge in [-0.05, 0) is 29.7 Å². The highest BCUT2D eigenvalue weighted by Gasteiger charge is 2.16. The molecule has 0 radical (unpaired) electrons. The highest BCUT2D eigenvalue weighted by molar-refractivity contribution is 9.10. The van der Waals surface area contributed by atoms with Crippen molar-refractivity contribution in [3.05, 3.63) is 46.2 Å². The zero-order valence-corrected chi connectivity index (χ0v) is 13.6. The number of aromatic nitrogens is 2. The molecular formula is C15H20BrN3O. The fourth-order valence-electron chi connectivity index (χ4n) is 2.09. The molecule has 20 heavy (non-hydrogen) atoms. The number of nitrogens with zero attached hydrogens (tertiary/aromatic N) is 2. The van der Waals surface area contributed by atoms with Crippen molar-refractivity contribution in [3.8, 4) is 5.75 Å². The summed E-state index contributed by atoms with van der Waals surface area (Å²) in [5.74, 6) is 1.26. The number of benzene rings is 1. The van der Waals surface area contributed by atoms with Crippen LogP contribution in [0.3, 0.4) is 0 Å². The van der Waals surface area contributed by atoms with Crippen molar-refractivity contribution in [2.45, 2.75) is 25.9 Å². The van der Waals surface area contributed by atoms with Gasteiger partial charge in [0.15, 0.2) is 0 Å². The summed E-state index contributed by atoms with van der Waals surface area (Å²) in [6.45, 7) is 4.71. The van der Waals surface area contributed by atoms with E-state index in [2.05, 4.69) is 40.9 Å². The summed E-state index contributed by atoms with van der Waals surface area (Å²) < 4.78 is 8.92. The van der Waals surface area contributed by atoms with Gasteiger partial charge in [0.25, 0.3) is 0 Å². The summed E-state index contributed by atoms with van der Waals surface area (Å²) in [5.41, 5.74) is 8.01. The van der Waals surface area contributed by atoms with Gasteiger partial charge in [-0.3, -0.25) is 4.68 Å². The summed E-state index contributed by atoms with van der Waals surface area (Å²) in [4.78, 5) is 0. The molecule has 1 heterocycles. The Balaban J connectivity index is 2.28. The van der Waals surface area contributed by atoms with Crippen LogP contribution in [0.25, 0.3) is 0 Å². The average Bonchev–Trinajstić information content (AvgIpc) is 2.83. The SMILES string of the molecule is CC(C)c1cc(Br)ccc1OC(CN)c1cnn(C)c1. The van der Waals surface area contributed by atoms with Gasteiger partial charge >= 0.3 is 0 Å². The first kappa shape index (κ1) is 15.1. The molecule has 0 aliphatic rings. The first-order valence-corrected chi connectivity index (χ1v) is 7.45. The molecule has 1 atom stereocenters. The molecule has 0 saturated heterocycles. The minimum absolute atomic E-state index is 0.178. The molecular weight excluding hydrogens is 318 g/mol. The summed E-state index contributed by atoms with van der Waals surface area (Å²) in [6, 6.07) is 6.06. The van der Waals surface area contributed by atoms with Gasteiger partial charge in [0.2, 0.25) is 0 Å². The molecule has 0 aliphatic heterocycles. The molecule has 2 N–H and O–H groups in total. The van der Waals surface area contributed by atoms with E-state index in [4.69, 9.17) is 10.5 Å². The van der Waals surface area contributed by atoms with Crippen LogP contribution in [0.15, 0.2) is 35.1 Å². The van der Waals surface area contributed by atoms with Gasteiger partial charge in [-0.2, -0.15) is 5.10 Å². The monoisotopic (exact) mass is 337 g/mol. The van der Waals surface area contributed by atoms with E-state index in [1.807, 2.05) is 25.4 Å². The van der Waals surface area contributed by atoms with Crippen LogP contribution in [0.4, 0.5) is 0 Å². The topological polar surface area (TPSA) is 53.1 Å². The number of nitrogens with two attached hydrogens (primary N) is 1. The Morgan fingerprint density at radius 3 is 2.70 bits per heavy atom. The Bertz CT molecular complexity index is 580. The predicted octanol–water partition coefficient (Wildman–Crippen LogP) is 3.38. The largest absolute Gasteiger partial charge is 0.484 e. The Kier molecular flexibility index (Phi) is 4.83. The lowest BCUT2D eigenvalue weighted by Gasteiger charge is -2.20. The molecule has 0 amide bonds. The van der Waals surface area contributed by atoms with Crippen LogP contribution in [-0.4, -0.2) is 16.3 Å². The van der Waals surface area contributed by atoms with Gasteiger partial charge in [0, 0.05) is 29.8 Å². The smallest absolute Gasteiger partial charge is 0.139 e. The van der Waals surface area contributed by atoms with Gasteiger partial charge in [-0.25, -0.2) is 0 Å². The van der Waals surface area contributed by atoms with Crippen LogP contribution in [0.5, 0.6) is 5.75 Å². The molecule has 4 nitrogen and oxygen atoms in total. The van der Waals surface area contributed by atoms with Crippen molar-refractivity contribution < 1.29 is 4.74 Å². The van der Waals surface area contributed by atoms with Crippen molar-refractivity contribution in [1.82, 2.24) is 9.78 Å². The maximum Gasteiger partial charge on any atom is 0.139 e. The van der Waals surface area contributed by atoms with Crippen molar-refractivity contribution in [3.63, 3.8) is 0 Å². The van der Waals surface area contributed by atoms with E-state index in [-0.39, 0.29) is 6.10 Å². The molecule has 0 saturated carbocycles. The Labute approximate surface area is 128 Å². The lowest BCUT2D eigenvalue weighted by atomic mass is 10.0. The minimum atomic E-state index is -0.178. The van der Waals surface area contributed by atoms with E-state index < -0.39 is 0 Å². The summed E-state index contributed by atoms with van der Waals surface area (Å²) in [7, 11) is 1.89. The van der Waals surface area contributed by atoms with Crippen LogP contribution in [0, 0.1) is 0 Å². The van der Waals surface area contributed by atoms with E-state index in [1.54, 1.807) is 10.9 Å². The Hall–Kier alpha value is -1.33. The van der Waals surface area contributed by atoms with Crippen LogP contribution in [0.2, 0.25) is 0 Å². The second-order valence-corrected chi connectivity index (χ2v) is 6.04. The maximum absolute atomic E-state index is 6.11. The highest BCUT2D eigenvalue weighted by atomic mass is 79.9. The van der Waals surface area contributed by atoms with E-state index in [1.165, 1.54) is 5.56 Å². The highest BCUT2D eigenvalue weighted by Crippen LogP contribution is 2.32. The number of aryl methyl sites for hydroxylation is 1. The van der Waals surface area contributed by atoms with E-state index >= 15 is 0 Å². The minimum Gasteiger partial charge on any atom is -0.484 e. The van der Waals surface area contributed by atoms with Gasteiger partial charge in [-0.15, -0.1) is 0 Å². The fourth-order valence-corrected chi connectivity index (χ4v) is 2.47. The molecule has 0 fully saturated rings. The average molecular weight is 338 g/mol. The summed E-state index contributed by atoms with van der Waals surface area (Å²) in [6.07, 6.45) is 3.55. The Morgan fingerprint density at radius 1 is 1.40 bits per heavy atom.